The molecule has 2 aliphatic rings. The number of aliphatic hydroxyl groups excluding tert-OH is 1. The number of para-hydroxylation sites is 1. The lowest BCUT2D eigenvalue weighted by molar-refractivity contribution is -0.135. The second kappa shape index (κ2) is 7.27. The zero-order valence-electron chi connectivity index (χ0n) is 15.8. The molecule has 26 heavy (non-hydrogen) atoms. The minimum Gasteiger partial charge on any atom is -0.490 e. The summed E-state index contributed by atoms with van der Waals surface area (Å²) in [6, 6.07) is 5.53. The van der Waals surface area contributed by atoms with E-state index in [1.54, 1.807) is 11.9 Å². The average Bonchev–Trinajstić information content (AvgIpc) is 2.78. The average molecular weight is 360 g/mol. The van der Waals surface area contributed by atoms with E-state index in [4.69, 9.17) is 4.74 Å². The van der Waals surface area contributed by atoms with Gasteiger partial charge in [-0.1, -0.05) is 37.5 Å². The third kappa shape index (κ3) is 3.18. The molecule has 1 aromatic carbocycles. The number of hydrogen-bond donors (Lipinski definition) is 1. The van der Waals surface area contributed by atoms with Crippen molar-refractivity contribution in [3.8, 4) is 5.75 Å². The Morgan fingerprint density at radius 3 is 2.38 bits per heavy atom. The Balaban J connectivity index is 1.65. The summed E-state index contributed by atoms with van der Waals surface area (Å²) in [6.07, 6.45) is 3.50. The molecule has 1 N–H and O–H groups in total. The van der Waals surface area contributed by atoms with Crippen molar-refractivity contribution in [1.29, 1.82) is 0 Å². The highest BCUT2D eigenvalue weighted by Crippen LogP contribution is 2.39. The van der Waals surface area contributed by atoms with Crippen molar-refractivity contribution in [3.05, 3.63) is 29.3 Å². The molecule has 1 atom stereocenters. The number of hydrogen-bond acceptors (Lipinski definition) is 4. The first-order valence-electron chi connectivity index (χ1n) is 9.33. The van der Waals surface area contributed by atoms with Crippen LogP contribution in [0.1, 0.15) is 43.2 Å². The van der Waals surface area contributed by atoms with Gasteiger partial charge in [0.15, 0.2) is 0 Å². The molecular formula is C20H28N2O4. The summed E-state index contributed by atoms with van der Waals surface area (Å²) in [5.41, 5.74) is 1.28. The number of urea groups is 1. The van der Waals surface area contributed by atoms with Crippen molar-refractivity contribution in [2.45, 2.75) is 57.6 Å². The van der Waals surface area contributed by atoms with Crippen molar-refractivity contribution in [2.24, 2.45) is 0 Å². The van der Waals surface area contributed by atoms with Crippen molar-refractivity contribution in [1.82, 2.24) is 9.80 Å². The number of amides is 3. The van der Waals surface area contributed by atoms with Crippen molar-refractivity contribution in [2.75, 3.05) is 20.2 Å². The summed E-state index contributed by atoms with van der Waals surface area (Å²) in [6.45, 7) is 3.90. The van der Waals surface area contributed by atoms with Crippen molar-refractivity contribution < 1.29 is 19.4 Å². The highest BCUT2D eigenvalue weighted by molar-refractivity contribution is 6.07. The predicted molar refractivity (Wildman–Crippen MR) is 98.1 cm³/mol. The van der Waals surface area contributed by atoms with Gasteiger partial charge in [0.1, 0.15) is 24.0 Å². The number of benzene rings is 1. The van der Waals surface area contributed by atoms with Crippen LogP contribution in [0.5, 0.6) is 5.75 Å². The zero-order chi connectivity index (χ0) is 18.9. The topological polar surface area (TPSA) is 70.1 Å². The fraction of sp³-hybridized carbons (Fsp3) is 0.600. The van der Waals surface area contributed by atoms with E-state index in [-0.39, 0.29) is 25.1 Å². The maximum atomic E-state index is 12.9. The minimum atomic E-state index is -0.922. The van der Waals surface area contributed by atoms with E-state index in [1.165, 1.54) is 4.90 Å². The van der Waals surface area contributed by atoms with Crippen LogP contribution in [-0.4, -0.2) is 58.7 Å². The van der Waals surface area contributed by atoms with Gasteiger partial charge in [-0.3, -0.25) is 9.69 Å². The van der Waals surface area contributed by atoms with E-state index in [1.807, 2.05) is 32.0 Å². The number of imide groups is 1. The molecule has 2 fully saturated rings. The molecule has 6 heteroatoms. The van der Waals surface area contributed by atoms with Crippen LogP contribution in [0.15, 0.2) is 18.2 Å². The maximum absolute atomic E-state index is 12.9. The Bertz CT molecular complexity index is 677. The molecule has 0 unspecified atom stereocenters. The van der Waals surface area contributed by atoms with E-state index >= 15 is 0 Å². The zero-order valence-corrected chi connectivity index (χ0v) is 15.8. The van der Waals surface area contributed by atoms with Crippen molar-refractivity contribution in [3.63, 3.8) is 0 Å². The molecular weight excluding hydrogens is 332 g/mol. The molecule has 0 bridgehead atoms. The molecule has 3 rings (SSSR count). The van der Waals surface area contributed by atoms with E-state index < -0.39 is 11.6 Å². The second-order valence-corrected chi connectivity index (χ2v) is 7.54. The monoisotopic (exact) mass is 360 g/mol. The third-order valence-corrected chi connectivity index (χ3v) is 5.71. The van der Waals surface area contributed by atoms with Gasteiger partial charge in [0.2, 0.25) is 0 Å². The number of aryl methyl sites for hydroxylation is 2. The smallest absolute Gasteiger partial charge is 0.327 e. The summed E-state index contributed by atoms with van der Waals surface area (Å²) >= 11 is 0. The van der Waals surface area contributed by atoms with Gasteiger partial charge < -0.3 is 14.7 Å². The van der Waals surface area contributed by atoms with E-state index in [2.05, 4.69) is 0 Å². The Hall–Kier alpha value is -2.08. The van der Waals surface area contributed by atoms with Crippen LogP contribution in [-0.2, 0) is 4.79 Å². The molecule has 0 aromatic heterocycles. The Morgan fingerprint density at radius 1 is 1.15 bits per heavy atom. The first-order valence-corrected chi connectivity index (χ1v) is 9.33. The van der Waals surface area contributed by atoms with Gasteiger partial charge >= 0.3 is 6.03 Å². The van der Waals surface area contributed by atoms with Gasteiger partial charge in [-0.2, -0.15) is 0 Å². The predicted octanol–water partition coefficient (Wildman–Crippen LogP) is 2.64. The Kier molecular flexibility index (Phi) is 5.23. The molecule has 1 saturated heterocycles. The number of ether oxygens (including phenoxy) is 1. The number of aliphatic hydroxyl groups is 1. The van der Waals surface area contributed by atoms with Gasteiger partial charge in [0.25, 0.3) is 5.91 Å². The molecule has 3 amide bonds. The SMILES string of the molecule is Cc1cccc(C)c1OC[C@@H](O)CN1C(=O)N(C)C2(CCCCC2)C1=O. The van der Waals surface area contributed by atoms with E-state index in [9.17, 15) is 14.7 Å². The fourth-order valence-electron chi connectivity index (χ4n) is 4.16. The number of likely N-dealkylation sites (N-methyl/N-ethyl adjacent to an activating group) is 1. The summed E-state index contributed by atoms with van der Waals surface area (Å²) in [7, 11) is 1.70. The molecule has 1 saturated carbocycles. The number of β-amino-alcohol motifs (C(OH)–C–C–N with tert-alkyl or cyclic N) is 1. The molecule has 1 aliphatic carbocycles. The van der Waals surface area contributed by atoms with Crippen LogP contribution in [0.3, 0.4) is 0 Å². The largest absolute Gasteiger partial charge is 0.490 e. The minimum absolute atomic E-state index is 0.0331. The summed E-state index contributed by atoms with van der Waals surface area (Å²) in [4.78, 5) is 28.3. The molecule has 1 aromatic rings. The maximum Gasteiger partial charge on any atom is 0.327 e. The normalized spacial score (nSPS) is 20.8. The molecule has 6 nitrogen and oxygen atoms in total. The lowest BCUT2D eigenvalue weighted by Gasteiger charge is -2.35. The van der Waals surface area contributed by atoms with Crippen LogP contribution in [0.25, 0.3) is 0 Å². The number of carbonyl (C=O) groups excluding carboxylic acids is 2. The second-order valence-electron chi connectivity index (χ2n) is 7.54. The number of nitrogens with zero attached hydrogens (tertiary/aromatic N) is 2. The van der Waals surface area contributed by atoms with E-state index in [0.29, 0.717) is 12.8 Å². The molecule has 1 heterocycles. The molecule has 1 spiro atoms. The summed E-state index contributed by atoms with van der Waals surface area (Å²) in [5, 5.41) is 10.4. The Morgan fingerprint density at radius 2 is 1.77 bits per heavy atom. The van der Waals surface area contributed by atoms with Crippen LogP contribution >= 0.6 is 0 Å². The van der Waals surface area contributed by atoms with Crippen molar-refractivity contribution >= 4 is 11.9 Å². The number of carbonyl (C=O) groups is 2. The lowest BCUT2D eigenvalue weighted by atomic mass is 9.81. The van der Waals surface area contributed by atoms with Crippen LogP contribution in [0.2, 0.25) is 0 Å². The Labute approximate surface area is 154 Å². The molecule has 142 valence electrons. The summed E-state index contributed by atoms with van der Waals surface area (Å²) in [5.74, 6) is 0.572. The highest BCUT2D eigenvalue weighted by Gasteiger charge is 2.55. The summed E-state index contributed by atoms with van der Waals surface area (Å²) < 4.78 is 5.76. The van der Waals surface area contributed by atoms with Crippen LogP contribution in [0.4, 0.5) is 4.79 Å². The standard InChI is InChI=1S/C20H28N2O4/c1-14-8-7-9-15(2)17(14)26-13-16(23)12-22-18(24)20(21(3)19(22)25)10-5-4-6-11-20/h7-9,16,23H,4-6,10-13H2,1-3H3/t16-/m0/s1. The lowest BCUT2D eigenvalue weighted by Crippen LogP contribution is -2.49. The van der Waals surface area contributed by atoms with Crippen LogP contribution < -0.4 is 4.74 Å². The highest BCUT2D eigenvalue weighted by atomic mass is 16.5. The molecule has 1 aliphatic heterocycles. The van der Waals surface area contributed by atoms with Gasteiger partial charge in [0, 0.05) is 7.05 Å². The van der Waals surface area contributed by atoms with E-state index in [0.717, 1.165) is 36.1 Å². The molecule has 0 radical (unpaired) electrons. The third-order valence-electron chi connectivity index (χ3n) is 5.71. The van der Waals surface area contributed by atoms with Gasteiger partial charge in [0.05, 0.1) is 6.54 Å². The fourth-order valence-corrected chi connectivity index (χ4v) is 4.16. The van der Waals surface area contributed by atoms with Gasteiger partial charge in [-0.25, -0.2) is 4.79 Å². The number of rotatable bonds is 5. The van der Waals surface area contributed by atoms with Gasteiger partial charge in [-0.15, -0.1) is 0 Å². The quantitative estimate of drug-likeness (QED) is 0.820. The first kappa shape index (κ1) is 18.7. The van der Waals surface area contributed by atoms with Gasteiger partial charge in [-0.05, 0) is 37.8 Å². The van der Waals surface area contributed by atoms with Crippen LogP contribution in [0, 0.1) is 13.8 Å². The first-order chi connectivity index (χ1) is 12.4.